The Hall–Kier alpha value is -3.53. The summed E-state index contributed by atoms with van der Waals surface area (Å²) in [5.74, 6) is 0.298. The zero-order valence-corrected chi connectivity index (χ0v) is 14.7. The van der Waals surface area contributed by atoms with Gasteiger partial charge >= 0.3 is 0 Å². The number of nitrogens with zero attached hydrogens (tertiary/aromatic N) is 4. The van der Waals surface area contributed by atoms with Gasteiger partial charge in [-0.3, -0.25) is 9.97 Å². The minimum atomic E-state index is 0.298. The lowest BCUT2D eigenvalue weighted by Crippen LogP contribution is -2.10. The van der Waals surface area contributed by atoms with Crippen LogP contribution >= 0.6 is 0 Å². The van der Waals surface area contributed by atoms with E-state index in [0.717, 1.165) is 23.4 Å². The highest BCUT2D eigenvalue weighted by molar-refractivity contribution is 5.75. The Bertz CT molecular complexity index is 1080. The molecule has 0 bridgehead atoms. The number of para-hydroxylation sites is 1. The van der Waals surface area contributed by atoms with E-state index < -0.39 is 0 Å². The largest absolute Gasteiger partial charge is 0.264 e. The summed E-state index contributed by atoms with van der Waals surface area (Å²) in [6.45, 7) is 0. The van der Waals surface area contributed by atoms with E-state index in [-0.39, 0.29) is 0 Å². The molecule has 1 aliphatic rings. The third-order valence-corrected chi connectivity index (χ3v) is 4.98. The molecule has 5 rings (SSSR count). The summed E-state index contributed by atoms with van der Waals surface area (Å²) in [4.78, 5) is 8.56. The van der Waals surface area contributed by atoms with Gasteiger partial charge in [0.05, 0.1) is 11.4 Å². The highest BCUT2D eigenvalue weighted by Crippen LogP contribution is 2.36. The molecule has 3 aromatic heterocycles. The van der Waals surface area contributed by atoms with Crippen molar-refractivity contribution in [3.8, 4) is 16.9 Å². The molecule has 1 aliphatic carbocycles. The van der Waals surface area contributed by atoms with Crippen LogP contribution in [0.15, 0.2) is 85.5 Å². The summed E-state index contributed by atoms with van der Waals surface area (Å²) < 4.78 is 2.07. The minimum absolute atomic E-state index is 0.298. The maximum absolute atomic E-state index is 4.97. The topological polar surface area (TPSA) is 43.6 Å². The van der Waals surface area contributed by atoms with Gasteiger partial charge in [-0.25, -0.2) is 4.68 Å². The van der Waals surface area contributed by atoms with E-state index >= 15 is 0 Å². The van der Waals surface area contributed by atoms with E-state index in [0.29, 0.717) is 5.92 Å². The fraction of sp³-hybridized carbons (Fsp3) is 0.0870. The quantitative estimate of drug-likeness (QED) is 0.539. The highest BCUT2D eigenvalue weighted by atomic mass is 15.3. The Morgan fingerprint density at radius 2 is 1.67 bits per heavy atom. The second-order valence-electron chi connectivity index (χ2n) is 6.65. The number of hydrogen-bond acceptors (Lipinski definition) is 3. The van der Waals surface area contributed by atoms with Crippen molar-refractivity contribution in [2.75, 3.05) is 0 Å². The van der Waals surface area contributed by atoms with Crippen LogP contribution < -0.4 is 0 Å². The van der Waals surface area contributed by atoms with Gasteiger partial charge < -0.3 is 0 Å². The van der Waals surface area contributed by atoms with Gasteiger partial charge in [0.2, 0.25) is 0 Å². The Morgan fingerprint density at radius 1 is 0.852 bits per heavy atom. The van der Waals surface area contributed by atoms with Crippen LogP contribution in [0.4, 0.5) is 0 Å². The highest BCUT2D eigenvalue weighted by Gasteiger charge is 2.25. The normalized spacial score (nSPS) is 15.5. The molecule has 0 fully saturated rings. The SMILES string of the molecule is C1=CC(c2cccnc2)Cc2c1c(-c1cccnc1)nn2-c1ccccc1. The lowest BCUT2D eigenvalue weighted by Gasteiger charge is -2.19. The van der Waals surface area contributed by atoms with E-state index in [1.54, 1.807) is 6.20 Å². The second-order valence-corrected chi connectivity index (χ2v) is 6.65. The lowest BCUT2D eigenvalue weighted by molar-refractivity contribution is 0.736. The fourth-order valence-electron chi connectivity index (χ4n) is 3.65. The first-order chi connectivity index (χ1) is 13.4. The average molecular weight is 350 g/mol. The van der Waals surface area contributed by atoms with Crippen molar-refractivity contribution in [1.82, 2.24) is 19.7 Å². The van der Waals surface area contributed by atoms with Gasteiger partial charge in [-0.05, 0) is 35.9 Å². The number of hydrogen-bond donors (Lipinski definition) is 0. The zero-order valence-electron chi connectivity index (χ0n) is 14.7. The van der Waals surface area contributed by atoms with Crippen molar-refractivity contribution in [1.29, 1.82) is 0 Å². The van der Waals surface area contributed by atoms with Crippen LogP contribution in [-0.4, -0.2) is 19.7 Å². The van der Waals surface area contributed by atoms with Crippen LogP contribution in [0.3, 0.4) is 0 Å². The smallest absolute Gasteiger partial charge is 0.102 e. The van der Waals surface area contributed by atoms with E-state index in [1.807, 2.05) is 48.9 Å². The molecule has 4 heteroatoms. The molecule has 1 aromatic carbocycles. The van der Waals surface area contributed by atoms with Gasteiger partial charge in [0.15, 0.2) is 0 Å². The van der Waals surface area contributed by atoms with Crippen LogP contribution in [0.5, 0.6) is 0 Å². The van der Waals surface area contributed by atoms with Crippen molar-refractivity contribution < 1.29 is 0 Å². The van der Waals surface area contributed by atoms with E-state index in [1.165, 1.54) is 16.8 Å². The van der Waals surface area contributed by atoms with Crippen LogP contribution in [0, 0.1) is 0 Å². The summed E-state index contributed by atoms with van der Waals surface area (Å²) in [6.07, 6.45) is 12.8. The van der Waals surface area contributed by atoms with Gasteiger partial charge in [-0.2, -0.15) is 5.10 Å². The van der Waals surface area contributed by atoms with Gasteiger partial charge in [0.25, 0.3) is 0 Å². The van der Waals surface area contributed by atoms with Crippen molar-refractivity contribution >= 4 is 6.08 Å². The molecule has 0 N–H and O–H groups in total. The first-order valence-corrected chi connectivity index (χ1v) is 9.06. The molecule has 0 saturated carbocycles. The molecule has 3 heterocycles. The van der Waals surface area contributed by atoms with Crippen molar-refractivity contribution in [3.63, 3.8) is 0 Å². The van der Waals surface area contributed by atoms with Gasteiger partial charge in [0.1, 0.15) is 5.69 Å². The maximum atomic E-state index is 4.97. The third-order valence-electron chi connectivity index (χ3n) is 4.98. The maximum Gasteiger partial charge on any atom is 0.102 e. The molecule has 0 saturated heterocycles. The predicted octanol–water partition coefficient (Wildman–Crippen LogP) is 4.68. The number of aromatic nitrogens is 4. The fourth-order valence-corrected chi connectivity index (χ4v) is 3.65. The van der Waals surface area contributed by atoms with E-state index in [4.69, 9.17) is 5.10 Å². The molecule has 0 aliphatic heterocycles. The number of rotatable bonds is 3. The van der Waals surface area contributed by atoms with Crippen molar-refractivity contribution in [3.05, 3.63) is 102 Å². The van der Waals surface area contributed by atoms with Gasteiger partial charge in [-0.1, -0.05) is 36.4 Å². The summed E-state index contributed by atoms with van der Waals surface area (Å²) in [5, 5.41) is 4.97. The molecular weight excluding hydrogens is 332 g/mol. The first kappa shape index (κ1) is 15.7. The molecule has 130 valence electrons. The number of fused-ring (bicyclic) bond motifs is 1. The molecule has 0 amide bonds. The van der Waals surface area contributed by atoms with E-state index in [2.05, 4.69) is 51.1 Å². The zero-order chi connectivity index (χ0) is 18.1. The molecule has 4 nitrogen and oxygen atoms in total. The monoisotopic (exact) mass is 350 g/mol. The molecule has 27 heavy (non-hydrogen) atoms. The second kappa shape index (κ2) is 6.65. The summed E-state index contributed by atoms with van der Waals surface area (Å²) in [7, 11) is 0. The van der Waals surface area contributed by atoms with Gasteiger partial charge in [0, 0.05) is 48.3 Å². The Balaban J connectivity index is 1.66. The first-order valence-electron chi connectivity index (χ1n) is 9.06. The predicted molar refractivity (Wildman–Crippen MR) is 107 cm³/mol. The molecule has 1 unspecified atom stereocenters. The Kier molecular flexibility index (Phi) is 3.87. The Morgan fingerprint density at radius 3 is 2.41 bits per heavy atom. The number of pyridine rings is 2. The summed E-state index contributed by atoms with van der Waals surface area (Å²) in [5.41, 5.74) is 6.70. The lowest BCUT2D eigenvalue weighted by atomic mass is 9.88. The summed E-state index contributed by atoms with van der Waals surface area (Å²) >= 11 is 0. The van der Waals surface area contributed by atoms with Crippen LogP contribution in [-0.2, 0) is 6.42 Å². The Labute approximate surface area is 157 Å². The van der Waals surface area contributed by atoms with Crippen LogP contribution in [0.25, 0.3) is 23.0 Å². The van der Waals surface area contributed by atoms with Crippen molar-refractivity contribution in [2.45, 2.75) is 12.3 Å². The van der Waals surface area contributed by atoms with Crippen LogP contribution in [0.1, 0.15) is 22.7 Å². The van der Waals surface area contributed by atoms with Gasteiger partial charge in [-0.15, -0.1) is 0 Å². The standard InChI is InChI=1S/C23H18N4/c1-2-8-20(9-3-1)27-22-14-17(18-6-4-12-24-15-18)10-11-21(22)23(26-27)19-7-5-13-25-16-19/h1-13,15-17H,14H2. The van der Waals surface area contributed by atoms with E-state index in [9.17, 15) is 0 Å². The molecule has 4 aromatic rings. The third kappa shape index (κ3) is 2.85. The number of benzene rings is 1. The number of allylic oxidation sites excluding steroid dienone is 1. The minimum Gasteiger partial charge on any atom is -0.264 e. The van der Waals surface area contributed by atoms with Crippen molar-refractivity contribution in [2.24, 2.45) is 0 Å². The molecule has 1 atom stereocenters. The average Bonchev–Trinajstić information content (AvgIpc) is 3.14. The molecule has 0 radical (unpaired) electrons. The summed E-state index contributed by atoms with van der Waals surface area (Å²) in [6, 6.07) is 18.5. The molecular formula is C23H18N4. The molecule has 0 spiro atoms. The van der Waals surface area contributed by atoms with Crippen LogP contribution in [0.2, 0.25) is 0 Å².